The molecule has 1 unspecified atom stereocenters. The fraction of sp³-hybridized carbons (Fsp3) is 0.636. The van der Waals surface area contributed by atoms with Crippen molar-refractivity contribution < 1.29 is 9.53 Å². The molecule has 5 heteroatoms. The predicted octanol–water partition coefficient (Wildman–Crippen LogP) is 0.501. The number of methoxy groups -OCH3 is 1. The van der Waals surface area contributed by atoms with Gasteiger partial charge >= 0.3 is 5.97 Å². The van der Waals surface area contributed by atoms with E-state index in [-0.39, 0.29) is 5.97 Å². The highest BCUT2D eigenvalue weighted by Gasteiger charge is 2.21. The topological polar surface area (TPSA) is 56.1 Å². The molecule has 1 aromatic rings. The summed E-state index contributed by atoms with van der Waals surface area (Å²) in [7, 11) is 3.25. The van der Waals surface area contributed by atoms with Crippen LogP contribution in [0.15, 0.2) is 6.20 Å². The number of carbonyl (C=O) groups is 1. The van der Waals surface area contributed by atoms with Crippen LogP contribution >= 0.6 is 0 Å². The molecule has 1 atom stereocenters. The van der Waals surface area contributed by atoms with Crippen LogP contribution in [0.25, 0.3) is 0 Å². The van der Waals surface area contributed by atoms with Gasteiger partial charge in [0.1, 0.15) is 5.56 Å². The Morgan fingerprint density at radius 2 is 2.56 bits per heavy atom. The van der Waals surface area contributed by atoms with Crippen molar-refractivity contribution in [2.75, 3.05) is 13.7 Å². The van der Waals surface area contributed by atoms with Crippen LogP contribution in [0.3, 0.4) is 0 Å². The molecule has 1 aromatic heterocycles. The van der Waals surface area contributed by atoms with E-state index in [0.29, 0.717) is 11.6 Å². The molecule has 1 saturated heterocycles. The van der Waals surface area contributed by atoms with Crippen LogP contribution in [-0.4, -0.2) is 35.4 Å². The molecule has 2 heterocycles. The summed E-state index contributed by atoms with van der Waals surface area (Å²) in [5.74, 6) is -0.305. The zero-order chi connectivity index (χ0) is 11.5. The number of esters is 1. The number of hydrogen-bond donors (Lipinski definition) is 1. The van der Waals surface area contributed by atoms with Gasteiger partial charge in [0.15, 0.2) is 0 Å². The van der Waals surface area contributed by atoms with Crippen molar-refractivity contribution in [1.82, 2.24) is 15.1 Å². The van der Waals surface area contributed by atoms with Gasteiger partial charge < -0.3 is 10.1 Å². The molecule has 0 radical (unpaired) electrons. The SMILES string of the molecule is COC(=O)c1cnn(C)c1CC1CCCN1. The summed E-state index contributed by atoms with van der Waals surface area (Å²) in [4.78, 5) is 11.5. The normalized spacial score (nSPS) is 20.0. The second-order valence-corrected chi connectivity index (χ2v) is 4.12. The molecule has 0 amide bonds. The molecule has 1 N–H and O–H groups in total. The van der Waals surface area contributed by atoms with Crippen LogP contribution in [0.5, 0.6) is 0 Å². The largest absolute Gasteiger partial charge is 0.465 e. The van der Waals surface area contributed by atoms with Crippen LogP contribution < -0.4 is 5.32 Å². The van der Waals surface area contributed by atoms with Gasteiger partial charge in [-0.3, -0.25) is 4.68 Å². The van der Waals surface area contributed by atoms with Gasteiger partial charge in [0.05, 0.1) is 19.0 Å². The third kappa shape index (κ3) is 2.09. The first-order valence-electron chi connectivity index (χ1n) is 5.55. The Labute approximate surface area is 94.8 Å². The molecule has 88 valence electrons. The Morgan fingerprint density at radius 1 is 1.75 bits per heavy atom. The molecule has 16 heavy (non-hydrogen) atoms. The van der Waals surface area contributed by atoms with E-state index in [2.05, 4.69) is 10.4 Å². The summed E-state index contributed by atoms with van der Waals surface area (Å²) >= 11 is 0. The summed E-state index contributed by atoms with van der Waals surface area (Å²) in [6.45, 7) is 1.07. The molecule has 0 bridgehead atoms. The maximum atomic E-state index is 11.5. The van der Waals surface area contributed by atoms with E-state index in [1.165, 1.54) is 13.5 Å². The lowest BCUT2D eigenvalue weighted by Crippen LogP contribution is -2.25. The predicted molar refractivity (Wildman–Crippen MR) is 59.3 cm³/mol. The van der Waals surface area contributed by atoms with Crippen molar-refractivity contribution in [3.63, 3.8) is 0 Å². The number of aromatic nitrogens is 2. The number of carbonyl (C=O) groups excluding carboxylic acids is 1. The smallest absolute Gasteiger partial charge is 0.341 e. The van der Waals surface area contributed by atoms with Crippen LogP contribution in [-0.2, 0) is 18.2 Å². The maximum absolute atomic E-state index is 11.5. The number of aryl methyl sites for hydroxylation is 1. The van der Waals surface area contributed by atoms with E-state index in [0.717, 1.165) is 25.1 Å². The number of nitrogens with zero attached hydrogens (tertiary/aromatic N) is 2. The van der Waals surface area contributed by atoms with Gasteiger partial charge in [-0.15, -0.1) is 0 Å². The fourth-order valence-corrected chi connectivity index (χ4v) is 2.15. The van der Waals surface area contributed by atoms with Crippen LogP contribution in [0, 0.1) is 0 Å². The van der Waals surface area contributed by atoms with Crippen molar-refractivity contribution in [3.05, 3.63) is 17.5 Å². The molecule has 1 fully saturated rings. The number of ether oxygens (including phenoxy) is 1. The van der Waals surface area contributed by atoms with E-state index in [4.69, 9.17) is 4.74 Å². The quantitative estimate of drug-likeness (QED) is 0.758. The van der Waals surface area contributed by atoms with Crippen molar-refractivity contribution in [2.45, 2.75) is 25.3 Å². The highest BCUT2D eigenvalue weighted by Crippen LogP contribution is 2.16. The zero-order valence-corrected chi connectivity index (χ0v) is 9.69. The number of hydrogen-bond acceptors (Lipinski definition) is 4. The van der Waals surface area contributed by atoms with Gasteiger partial charge in [-0.2, -0.15) is 5.10 Å². The first kappa shape index (κ1) is 11.1. The van der Waals surface area contributed by atoms with E-state index >= 15 is 0 Å². The standard InChI is InChI=1S/C11H17N3O2/c1-14-10(6-8-4-3-5-12-8)9(7-13-14)11(15)16-2/h7-8,12H,3-6H2,1-2H3. The van der Waals surface area contributed by atoms with Crippen LogP contribution in [0.2, 0.25) is 0 Å². The second kappa shape index (κ2) is 4.65. The summed E-state index contributed by atoms with van der Waals surface area (Å²) in [6, 6.07) is 0.457. The lowest BCUT2D eigenvalue weighted by molar-refractivity contribution is 0.0599. The van der Waals surface area contributed by atoms with Gasteiger partial charge in [-0.25, -0.2) is 4.79 Å². The van der Waals surface area contributed by atoms with E-state index in [1.807, 2.05) is 7.05 Å². The molecule has 1 aliphatic rings. The molecule has 1 aliphatic heterocycles. The minimum Gasteiger partial charge on any atom is -0.465 e. The van der Waals surface area contributed by atoms with Gasteiger partial charge in [0, 0.05) is 19.5 Å². The molecule has 0 aliphatic carbocycles. The first-order valence-corrected chi connectivity index (χ1v) is 5.55. The minimum atomic E-state index is -0.305. The lowest BCUT2D eigenvalue weighted by Gasteiger charge is -2.11. The monoisotopic (exact) mass is 223 g/mol. The lowest BCUT2D eigenvalue weighted by atomic mass is 10.1. The van der Waals surface area contributed by atoms with E-state index in [1.54, 1.807) is 10.9 Å². The fourth-order valence-electron chi connectivity index (χ4n) is 2.15. The van der Waals surface area contributed by atoms with Gasteiger partial charge in [0.25, 0.3) is 0 Å². The summed E-state index contributed by atoms with van der Waals surface area (Å²) in [5, 5.41) is 7.53. The first-order chi connectivity index (χ1) is 7.72. The van der Waals surface area contributed by atoms with Crippen molar-refractivity contribution >= 4 is 5.97 Å². The van der Waals surface area contributed by atoms with Gasteiger partial charge in [-0.05, 0) is 19.4 Å². The zero-order valence-electron chi connectivity index (χ0n) is 9.69. The molecule has 0 spiro atoms. The number of rotatable bonds is 3. The summed E-state index contributed by atoms with van der Waals surface area (Å²) < 4.78 is 6.50. The average molecular weight is 223 g/mol. The highest BCUT2D eigenvalue weighted by atomic mass is 16.5. The van der Waals surface area contributed by atoms with Crippen molar-refractivity contribution in [1.29, 1.82) is 0 Å². The Balaban J connectivity index is 2.17. The molecule has 0 aromatic carbocycles. The molecule has 2 rings (SSSR count). The molecule has 0 saturated carbocycles. The van der Waals surface area contributed by atoms with Crippen LogP contribution in [0.4, 0.5) is 0 Å². The van der Waals surface area contributed by atoms with E-state index in [9.17, 15) is 4.79 Å². The Hall–Kier alpha value is -1.36. The molecule has 5 nitrogen and oxygen atoms in total. The third-order valence-corrected chi connectivity index (χ3v) is 3.07. The second-order valence-electron chi connectivity index (χ2n) is 4.12. The minimum absolute atomic E-state index is 0.305. The summed E-state index contributed by atoms with van der Waals surface area (Å²) in [5.41, 5.74) is 1.53. The maximum Gasteiger partial charge on any atom is 0.341 e. The molecular weight excluding hydrogens is 206 g/mol. The Kier molecular flexibility index (Phi) is 3.24. The van der Waals surface area contributed by atoms with Crippen molar-refractivity contribution in [3.8, 4) is 0 Å². The Bertz CT molecular complexity index is 381. The van der Waals surface area contributed by atoms with Crippen molar-refractivity contribution in [2.24, 2.45) is 7.05 Å². The van der Waals surface area contributed by atoms with E-state index < -0.39 is 0 Å². The van der Waals surface area contributed by atoms with Crippen LogP contribution in [0.1, 0.15) is 28.9 Å². The Morgan fingerprint density at radius 3 is 3.19 bits per heavy atom. The van der Waals surface area contributed by atoms with Gasteiger partial charge in [-0.1, -0.05) is 0 Å². The number of nitrogens with one attached hydrogen (secondary N) is 1. The third-order valence-electron chi connectivity index (χ3n) is 3.07. The summed E-state index contributed by atoms with van der Waals surface area (Å²) in [6.07, 6.45) is 4.78. The molecular formula is C11H17N3O2. The average Bonchev–Trinajstić information content (AvgIpc) is 2.90. The highest BCUT2D eigenvalue weighted by molar-refractivity contribution is 5.90. The van der Waals surface area contributed by atoms with Gasteiger partial charge in [0.2, 0.25) is 0 Å².